The number of ether oxygens (including phenoxy) is 4. The van der Waals surface area contributed by atoms with Crippen molar-refractivity contribution in [2.75, 3.05) is 13.2 Å². The molecule has 0 radical (unpaired) electrons. The lowest BCUT2D eigenvalue weighted by Crippen LogP contribution is -2.28. The molecule has 0 aromatic heterocycles. The fourth-order valence-corrected chi connectivity index (χ4v) is 3.18. The van der Waals surface area contributed by atoms with E-state index >= 15 is 0 Å². The SMILES string of the molecule is CCC(CCCC(C)OC1CCCCO1)OC1CCCCO1. The van der Waals surface area contributed by atoms with Crippen molar-refractivity contribution in [3.63, 3.8) is 0 Å². The fraction of sp³-hybridized carbons (Fsp3) is 1.00. The monoisotopic (exact) mass is 314 g/mol. The van der Waals surface area contributed by atoms with Gasteiger partial charge in [0.05, 0.1) is 12.2 Å². The Bertz CT molecular complexity index is 272. The second-order valence-electron chi connectivity index (χ2n) is 6.64. The Hall–Kier alpha value is -0.160. The summed E-state index contributed by atoms with van der Waals surface area (Å²) in [6, 6.07) is 0. The molecule has 0 bridgehead atoms. The maximum atomic E-state index is 6.08. The molecule has 0 aliphatic carbocycles. The highest BCUT2D eigenvalue weighted by molar-refractivity contribution is 4.63. The Labute approximate surface area is 135 Å². The maximum Gasteiger partial charge on any atom is 0.157 e. The average Bonchev–Trinajstić information content (AvgIpc) is 2.56. The topological polar surface area (TPSA) is 36.9 Å². The minimum Gasteiger partial charge on any atom is -0.353 e. The van der Waals surface area contributed by atoms with Crippen LogP contribution in [0.4, 0.5) is 0 Å². The molecule has 4 heteroatoms. The normalized spacial score (nSPS) is 29.2. The van der Waals surface area contributed by atoms with Gasteiger partial charge in [-0.1, -0.05) is 6.92 Å². The largest absolute Gasteiger partial charge is 0.353 e. The van der Waals surface area contributed by atoms with Crippen molar-refractivity contribution in [1.82, 2.24) is 0 Å². The van der Waals surface area contributed by atoms with Crippen LogP contribution in [0.25, 0.3) is 0 Å². The molecular formula is C18H34O4. The zero-order valence-electron chi connectivity index (χ0n) is 14.4. The van der Waals surface area contributed by atoms with E-state index in [1.54, 1.807) is 0 Å². The van der Waals surface area contributed by atoms with E-state index < -0.39 is 0 Å². The van der Waals surface area contributed by atoms with Crippen LogP contribution in [0, 0.1) is 0 Å². The third-order valence-electron chi connectivity index (χ3n) is 4.60. The van der Waals surface area contributed by atoms with Crippen LogP contribution in [0.5, 0.6) is 0 Å². The Balaban J connectivity index is 1.56. The van der Waals surface area contributed by atoms with Gasteiger partial charge in [-0.05, 0) is 71.1 Å². The molecule has 0 aromatic rings. The fourth-order valence-electron chi connectivity index (χ4n) is 3.18. The molecule has 130 valence electrons. The summed E-state index contributed by atoms with van der Waals surface area (Å²) in [4.78, 5) is 0. The second kappa shape index (κ2) is 10.6. The van der Waals surface area contributed by atoms with E-state index in [2.05, 4.69) is 13.8 Å². The Morgan fingerprint density at radius 3 is 2.09 bits per heavy atom. The van der Waals surface area contributed by atoms with Gasteiger partial charge in [0.15, 0.2) is 12.6 Å². The summed E-state index contributed by atoms with van der Waals surface area (Å²) in [7, 11) is 0. The summed E-state index contributed by atoms with van der Waals surface area (Å²) in [5.41, 5.74) is 0. The van der Waals surface area contributed by atoms with Crippen LogP contribution in [0.3, 0.4) is 0 Å². The van der Waals surface area contributed by atoms with E-state index in [0.717, 1.165) is 51.7 Å². The lowest BCUT2D eigenvalue weighted by Gasteiger charge is -2.28. The smallest absolute Gasteiger partial charge is 0.157 e. The van der Waals surface area contributed by atoms with E-state index in [0.29, 0.717) is 6.10 Å². The van der Waals surface area contributed by atoms with Crippen LogP contribution in [0.2, 0.25) is 0 Å². The van der Waals surface area contributed by atoms with E-state index in [1.807, 2.05) is 0 Å². The van der Waals surface area contributed by atoms with Gasteiger partial charge in [-0.25, -0.2) is 0 Å². The minimum atomic E-state index is 0.0256. The van der Waals surface area contributed by atoms with Gasteiger partial charge in [-0.15, -0.1) is 0 Å². The first-order chi connectivity index (χ1) is 10.8. The zero-order chi connectivity index (χ0) is 15.6. The van der Waals surface area contributed by atoms with Crippen LogP contribution >= 0.6 is 0 Å². The first kappa shape index (κ1) is 18.2. The number of hydrogen-bond acceptors (Lipinski definition) is 4. The highest BCUT2D eigenvalue weighted by atomic mass is 16.7. The third-order valence-corrected chi connectivity index (χ3v) is 4.60. The van der Waals surface area contributed by atoms with Gasteiger partial charge in [-0.3, -0.25) is 0 Å². The highest BCUT2D eigenvalue weighted by Gasteiger charge is 2.20. The van der Waals surface area contributed by atoms with Crippen molar-refractivity contribution in [2.45, 2.75) is 103 Å². The standard InChI is InChI=1S/C18H34O4/c1-3-16(22-18-12-5-7-14-20-18)10-8-9-15(2)21-17-11-4-6-13-19-17/h15-18H,3-14H2,1-2H3. The summed E-state index contributed by atoms with van der Waals surface area (Å²) in [6.45, 7) is 6.06. The Kier molecular flexibility index (Phi) is 8.75. The van der Waals surface area contributed by atoms with Crippen molar-refractivity contribution in [3.8, 4) is 0 Å². The maximum absolute atomic E-state index is 6.08. The molecule has 2 saturated heterocycles. The molecule has 4 atom stereocenters. The molecular weight excluding hydrogens is 280 g/mol. The van der Waals surface area contributed by atoms with Gasteiger partial charge >= 0.3 is 0 Å². The van der Waals surface area contributed by atoms with Gasteiger partial charge in [-0.2, -0.15) is 0 Å². The predicted octanol–water partition coefficient (Wildman–Crippen LogP) is 4.41. The molecule has 2 fully saturated rings. The first-order valence-electron chi connectivity index (χ1n) is 9.32. The molecule has 2 heterocycles. The molecule has 0 saturated carbocycles. The Morgan fingerprint density at radius 2 is 1.55 bits per heavy atom. The van der Waals surface area contributed by atoms with Gasteiger partial charge in [0, 0.05) is 13.2 Å². The minimum absolute atomic E-state index is 0.0256. The number of hydrogen-bond donors (Lipinski definition) is 0. The highest BCUT2D eigenvalue weighted by Crippen LogP contribution is 2.21. The average molecular weight is 314 g/mol. The lowest BCUT2D eigenvalue weighted by atomic mass is 10.1. The van der Waals surface area contributed by atoms with Crippen molar-refractivity contribution in [3.05, 3.63) is 0 Å². The molecule has 4 unspecified atom stereocenters. The third kappa shape index (κ3) is 6.95. The van der Waals surface area contributed by atoms with E-state index in [1.165, 1.54) is 25.7 Å². The molecule has 0 amide bonds. The molecule has 0 spiro atoms. The first-order valence-corrected chi connectivity index (χ1v) is 9.32. The lowest BCUT2D eigenvalue weighted by molar-refractivity contribution is -0.192. The summed E-state index contributed by atoms with van der Waals surface area (Å²) >= 11 is 0. The molecule has 2 aliphatic rings. The quantitative estimate of drug-likeness (QED) is 0.631. The van der Waals surface area contributed by atoms with Gasteiger partial charge in [0.25, 0.3) is 0 Å². The second-order valence-corrected chi connectivity index (χ2v) is 6.64. The van der Waals surface area contributed by atoms with E-state index in [9.17, 15) is 0 Å². The summed E-state index contributed by atoms with van der Waals surface area (Å²) in [6.07, 6.45) is 11.9. The van der Waals surface area contributed by atoms with Crippen LogP contribution < -0.4 is 0 Å². The summed E-state index contributed by atoms with van der Waals surface area (Å²) in [5.74, 6) is 0. The molecule has 4 nitrogen and oxygen atoms in total. The van der Waals surface area contributed by atoms with Crippen LogP contribution in [0.1, 0.15) is 78.1 Å². The van der Waals surface area contributed by atoms with E-state index in [-0.39, 0.29) is 18.7 Å². The van der Waals surface area contributed by atoms with Crippen molar-refractivity contribution < 1.29 is 18.9 Å². The molecule has 22 heavy (non-hydrogen) atoms. The predicted molar refractivity (Wildman–Crippen MR) is 86.7 cm³/mol. The summed E-state index contributed by atoms with van der Waals surface area (Å²) < 4.78 is 23.4. The van der Waals surface area contributed by atoms with Gasteiger partial charge in [0.1, 0.15) is 0 Å². The molecule has 0 aromatic carbocycles. The molecule has 2 rings (SSSR count). The number of rotatable bonds is 9. The van der Waals surface area contributed by atoms with Crippen LogP contribution in [0.15, 0.2) is 0 Å². The summed E-state index contributed by atoms with van der Waals surface area (Å²) in [5, 5.41) is 0. The van der Waals surface area contributed by atoms with Gasteiger partial charge in [0.2, 0.25) is 0 Å². The van der Waals surface area contributed by atoms with Crippen molar-refractivity contribution in [2.24, 2.45) is 0 Å². The van der Waals surface area contributed by atoms with Crippen molar-refractivity contribution >= 4 is 0 Å². The molecule has 2 aliphatic heterocycles. The molecule has 0 N–H and O–H groups in total. The van der Waals surface area contributed by atoms with Crippen LogP contribution in [-0.4, -0.2) is 38.0 Å². The van der Waals surface area contributed by atoms with Crippen LogP contribution in [-0.2, 0) is 18.9 Å². The van der Waals surface area contributed by atoms with E-state index in [4.69, 9.17) is 18.9 Å². The Morgan fingerprint density at radius 1 is 0.909 bits per heavy atom. The van der Waals surface area contributed by atoms with Gasteiger partial charge < -0.3 is 18.9 Å². The zero-order valence-corrected chi connectivity index (χ0v) is 14.4. The van der Waals surface area contributed by atoms with Crippen molar-refractivity contribution in [1.29, 1.82) is 0 Å².